The molecule has 1 aliphatic carbocycles. The Morgan fingerprint density at radius 3 is 2.78 bits per heavy atom. The van der Waals surface area contributed by atoms with E-state index in [1.165, 1.54) is 12.8 Å². The first-order valence-corrected chi connectivity index (χ1v) is 6.65. The van der Waals surface area contributed by atoms with Gasteiger partial charge in [0.25, 0.3) is 5.91 Å². The third-order valence-corrected chi connectivity index (χ3v) is 2.99. The fourth-order valence-electron chi connectivity index (χ4n) is 1.69. The lowest BCUT2D eigenvalue weighted by Crippen LogP contribution is -2.26. The molecule has 0 saturated heterocycles. The molecule has 1 aliphatic rings. The van der Waals surface area contributed by atoms with Crippen LogP contribution in [0.2, 0.25) is 0 Å². The van der Waals surface area contributed by atoms with Crippen molar-refractivity contribution in [2.75, 3.05) is 18.4 Å². The number of nitrogens with one attached hydrogen (secondary N) is 2. The molecule has 0 unspecified atom stereocenters. The van der Waals surface area contributed by atoms with Gasteiger partial charge in [-0.05, 0) is 30.9 Å². The number of carbonyl (C=O) groups excluding carboxylic acids is 1. The van der Waals surface area contributed by atoms with Crippen molar-refractivity contribution in [1.29, 1.82) is 0 Å². The summed E-state index contributed by atoms with van der Waals surface area (Å²) in [5, 5.41) is 13.9. The Morgan fingerprint density at radius 2 is 2.17 bits per heavy atom. The third-order valence-electron chi connectivity index (χ3n) is 2.99. The number of anilines is 1. The van der Waals surface area contributed by atoms with E-state index in [-0.39, 0.29) is 5.91 Å². The summed E-state index contributed by atoms with van der Waals surface area (Å²) < 4.78 is 0. The van der Waals surface area contributed by atoms with Gasteiger partial charge in [0.15, 0.2) is 5.69 Å². The highest BCUT2D eigenvalue weighted by Gasteiger charge is 2.20. The van der Waals surface area contributed by atoms with Crippen LogP contribution >= 0.6 is 0 Å². The second-order valence-corrected chi connectivity index (χ2v) is 4.72. The van der Waals surface area contributed by atoms with Crippen molar-refractivity contribution in [2.24, 2.45) is 5.92 Å². The van der Waals surface area contributed by atoms with Crippen LogP contribution in [0.15, 0.2) is 12.1 Å². The molecule has 1 saturated carbocycles. The lowest BCUT2D eigenvalue weighted by atomic mass is 10.3. The molecular weight excluding hydrogens is 228 g/mol. The highest BCUT2D eigenvalue weighted by atomic mass is 16.1. The molecule has 5 nitrogen and oxygen atoms in total. The zero-order valence-electron chi connectivity index (χ0n) is 10.8. The summed E-state index contributed by atoms with van der Waals surface area (Å²) in [7, 11) is 0. The zero-order valence-corrected chi connectivity index (χ0v) is 10.8. The summed E-state index contributed by atoms with van der Waals surface area (Å²) >= 11 is 0. The summed E-state index contributed by atoms with van der Waals surface area (Å²) in [4.78, 5) is 11.7. The molecule has 0 radical (unpaired) electrons. The second-order valence-electron chi connectivity index (χ2n) is 4.72. The van der Waals surface area contributed by atoms with Crippen molar-refractivity contribution in [3.63, 3.8) is 0 Å². The molecular formula is C13H20N4O. The molecule has 5 heteroatoms. The molecule has 0 atom stereocenters. The van der Waals surface area contributed by atoms with Crippen LogP contribution in [0.5, 0.6) is 0 Å². The molecule has 18 heavy (non-hydrogen) atoms. The van der Waals surface area contributed by atoms with Gasteiger partial charge in [0.2, 0.25) is 0 Å². The Balaban J connectivity index is 1.77. The van der Waals surface area contributed by atoms with Crippen LogP contribution in [0.25, 0.3) is 0 Å². The van der Waals surface area contributed by atoms with Crippen molar-refractivity contribution >= 4 is 11.7 Å². The van der Waals surface area contributed by atoms with E-state index in [1.807, 2.05) is 0 Å². The van der Waals surface area contributed by atoms with E-state index in [4.69, 9.17) is 0 Å². The first kappa shape index (κ1) is 12.8. The maximum atomic E-state index is 11.7. The Hall–Kier alpha value is -1.65. The smallest absolute Gasteiger partial charge is 0.271 e. The zero-order chi connectivity index (χ0) is 12.8. The van der Waals surface area contributed by atoms with Gasteiger partial charge in [-0.25, -0.2) is 0 Å². The summed E-state index contributed by atoms with van der Waals surface area (Å²) in [6.07, 6.45) is 4.74. The summed E-state index contributed by atoms with van der Waals surface area (Å²) in [5.74, 6) is 1.41. The predicted octanol–water partition coefficient (Wildman–Crippen LogP) is 1.83. The molecule has 1 fully saturated rings. The van der Waals surface area contributed by atoms with Crippen molar-refractivity contribution < 1.29 is 4.79 Å². The first-order valence-electron chi connectivity index (χ1n) is 6.65. The minimum Gasteiger partial charge on any atom is -0.369 e. The van der Waals surface area contributed by atoms with E-state index < -0.39 is 0 Å². The van der Waals surface area contributed by atoms with Gasteiger partial charge in [-0.2, -0.15) is 0 Å². The van der Waals surface area contributed by atoms with E-state index in [0.29, 0.717) is 11.5 Å². The topological polar surface area (TPSA) is 66.9 Å². The molecule has 2 N–H and O–H groups in total. The highest BCUT2D eigenvalue weighted by molar-refractivity contribution is 5.92. The van der Waals surface area contributed by atoms with Crippen LogP contribution in [0.3, 0.4) is 0 Å². The number of hydrogen-bond donors (Lipinski definition) is 2. The fourth-order valence-corrected chi connectivity index (χ4v) is 1.69. The van der Waals surface area contributed by atoms with Gasteiger partial charge < -0.3 is 10.6 Å². The second kappa shape index (κ2) is 6.33. The molecule has 98 valence electrons. The minimum atomic E-state index is -0.134. The van der Waals surface area contributed by atoms with Crippen LogP contribution in [0, 0.1) is 5.92 Å². The lowest BCUT2D eigenvalue weighted by molar-refractivity contribution is 0.0946. The number of aromatic nitrogens is 2. The maximum absolute atomic E-state index is 11.7. The number of hydrogen-bond acceptors (Lipinski definition) is 4. The van der Waals surface area contributed by atoms with Crippen LogP contribution in [0.1, 0.15) is 43.1 Å². The van der Waals surface area contributed by atoms with Crippen molar-refractivity contribution in [1.82, 2.24) is 15.5 Å². The number of rotatable bonds is 7. The molecule has 1 aromatic rings. The summed E-state index contributed by atoms with van der Waals surface area (Å²) in [6, 6.07) is 3.50. The molecule has 1 heterocycles. The molecule has 0 aromatic carbocycles. The lowest BCUT2D eigenvalue weighted by Gasteiger charge is -2.05. The van der Waals surface area contributed by atoms with Gasteiger partial charge in [0.05, 0.1) is 0 Å². The fraction of sp³-hybridized carbons (Fsp3) is 0.615. The normalized spacial score (nSPS) is 14.3. The van der Waals surface area contributed by atoms with Gasteiger partial charge in [-0.15, -0.1) is 10.2 Å². The van der Waals surface area contributed by atoms with Crippen LogP contribution in [0.4, 0.5) is 5.82 Å². The van der Waals surface area contributed by atoms with E-state index in [2.05, 4.69) is 27.8 Å². The first-order chi connectivity index (χ1) is 8.79. The largest absolute Gasteiger partial charge is 0.369 e. The molecule has 1 aromatic heterocycles. The van der Waals surface area contributed by atoms with E-state index >= 15 is 0 Å². The van der Waals surface area contributed by atoms with Crippen LogP contribution in [-0.4, -0.2) is 29.2 Å². The molecule has 0 aliphatic heterocycles. The molecule has 2 rings (SSSR count). The standard InChI is InChI=1S/C13H20N4O/c1-2-8-14-12-6-5-11(16-17-12)13(18)15-9-7-10-3-4-10/h5-6,10H,2-4,7-9H2,1H3,(H,14,17)(H,15,18). The Bertz CT molecular complexity index is 386. The van der Waals surface area contributed by atoms with Crippen molar-refractivity contribution in [3.8, 4) is 0 Å². The average molecular weight is 248 g/mol. The minimum absolute atomic E-state index is 0.134. The van der Waals surface area contributed by atoms with Gasteiger partial charge in [-0.3, -0.25) is 4.79 Å². The van der Waals surface area contributed by atoms with Crippen molar-refractivity contribution in [2.45, 2.75) is 32.6 Å². The van der Waals surface area contributed by atoms with Crippen LogP contribution in [-0.2, 0) is 0 Å². The maximum Gasteiger partial charge on any atom is 0.271 e. The Kier molecular flexibility index (Phi) is 4.50. The van der Waals surface area contributed by atoms with Gasteiger partial charge >= 0.3 is 0 Å². The van der Waals surface area contributed by atoms with E-state index in [9.17, 15) is 4.79 Å². The Morgan fingerprint density at radius 1 is 1.33 bits per heavy atom. The molecule has 0 bridgehead atoms. The molecule has 0 spiro atoms. The monoisotopic (exact) mass is 248 g/mol. The van der Waals surface area contributed by atoms with Gasteiger partial charge in [-0.1, -0.05) is 19.8 Å². The van der Waals surface area contributed by atoms with Crippen molar-refractivity contribution in [3.05, 3.63) is 17.8 Å². The average Bonchev–Trinajstić information content (AvgIpc) is 3.21. The third kappa shape index (κ3) is 3.98. The quantitative estimate of drug-likeness (QED) is 0.772. The number of amides is 1. The highest BCUT2D eigenvalue weighted by Crippen LogP contribution is 2.31. The Labute approximate surface area is 107 Å². The molecule has 1 amide bonds. The number of nitrogens with zero attached hydrogens (tertiary/aromatic N) is 2. The number of carbonyl (C=O) groups is 1. The summed E-state index contributed by atoms with van der Waals surface area (Å²) in [5.41, 5.74) is 0.382. The SMILES string of the molecule is CCCNc1ccc(C(=O)NCCC2CC2)nn1. The van der Waals surface area contributed by atoms with Gasteiger partial charge in [0.1, 0.15) is 5.82 Å². The van der Waals surface area contributed by atoms with E-state index in [1.54, 1.807) is 12.1 Å². The van der Waals surface area contributed by atoms with Crippen LogP contribution < -0.4 is 10.6 Å². The van der Waals surface area contributed by atoms with E-state index in [0.717, 1.165) is 31.8 Å². The predicted molar refractivity (Wildman–Crippen MR) is 70.5 cm³/mol. The van der Waals surface area contributed by atoms with Gasteiger partial charge in [0, 0.05) is 13.1 Å². The summed E-state index contributed by atoms with van der Waals surface area (Å²) in [6.45, 7) is 3.69.